The lowest BCUT2D eigenvalue weighted by atomic mass is 9.97. The van der Waals surface area contributed by atoms with Crippen LogP contribution in [0.25, 0.3) is 10.3 Å². The number of anilines is 2. The Kier molecular flexibility index (Phi) is 5.79. The lowest BCUT2D eigenvalue weighted by Crippen LogP contribution is -2.43. The van der Waals surface area contributed by atoms with E-state index in [2.05, 4.69) is 20.6 Å². The van der Waals surface area contributed by atoms with Crippen LogP contribution in [-0.2, 0) is 16.1 Å². The molecule has 172 valence electrons. The molecule has 3 heterocycles. The van der Waals surface area contributed by atoms with E-state index in [1.165, 1.54) is 46.5 Å². The van der Waals surface area contributed by atoms with Crippen LogP contribution < -0.4 is 21.1 Å². The van der Waals surface area contributed by atoms with Crippen molar-refractivity contribution in [3.05, 3.63) is 46.8 Å². The Morgan fingerprint density at radius 2 is 1.97 bits per heavy atom. The number of thiazole rings is 1. The predicted molar refractivity (Wildman–Crippen MR) is 123 cm³/mol. The third-order valence-electron chi connectivity index (χ3n) is 5.80. The quantitative estimate of drug-likeness (QED) is 0.571. The van der Waals surface area contributed by atoms with Crippen molar-refractivity contribution in [1.82, 2.24) is 19.9 Å². The molecule has 2 N–H and O–H groups in total. The maximum atomic E-state index is 13.0. The normalized spacial score (nSPS) is 18.3. The standard InChI is InChI=1S/C22H23FN6O3S/c23-14-3-5-15(6-4-14)25-17(30)11-29-12-24-19-18(21(29)32)33-22(27-19)28-9-1-2-13(10-28)20(31)26-16-7-8-16/h3-6,12-13,16H,1-2,7-11H2,(H,25,30)(H,26,31). The molecule has 1 aliphatic carbocycles. The maximum absolute atomic E-state index is 13.0. The molecule has 0 bridgehead atoms. The van der Waals surface area contributed by atoms with E-state index in [0.29, 0.717) is 33.8 Å². The van der Waals surface area contributed by atoms with E-state index in [4.69, 9.17) is 0 Å². The summed E-state index contributed by atoms with van der Waals surface area (Å²) in [7, 11) is 0. The number of rotatable bonds is 6. The first kappa shape index (κ1) is 21.5. The fraction of sp³-hybridized carbons (Fsp3) is 0.409. The molecule has 2 fully saturated rings. The van der Waals surface area contributed by atoms with Crippen LogP contribution in [0.4, 0.5) is 15.2 Å². The van der Waals surface area contributed by atoms with Crippen LogP contribution in [0.3, 0.4) is 0 Å². The first-order chi connectivity index (χ1) is 16.0. The van der Waals surface area contributed by atoms with Gasteiger partial charge in [-0.1, -0.05) is 11.3 Å². The van der Waals surface area contributed by atoms with E-state index in [9.17, 15) is 18.8 Å². The molecule has 3 aromatic rings. The molecule has 1 atom stereocenters. The average molecular weight is 471 g/mol. The van der Waals surface area contributed by atoms with Gasteiger partial charge in [-0.3, -0.25) is 19.0 Å². The number of hydrogen-bond acceptors (Lipinski definition) is 7. The molecule has 1 aromatic carbocycles. The monoisotopic (exact) mass is 470 g/mol. The van der Waals surface area contributed by atoms with Crippen molar-refractivity contribution >= 4 is 44.3 Å². The van der Waals surface area contributed by atoms with Crippen molar-refractivity contribution in [3.63, 3.8) is 0 Å². The molecule has 1 aliphatic heterocycles. The Bertz CT molecular complexity index is 1250. The SMILES string of the molecule is O=C(Cn1cnc2nc(N3CCCC(C(=O)NC4CC4)C3)sc2c1=O)Nc1ccc(F)cc1. The maximum Gasteiger partial charge on any atom is 0.273 e. The second kappa shape index (κ2) is 8.89. The summed E-state index contributed by atoms with van der Waals surface area (Å²) < 4.78 is 14.6. The minimum Gasteiger partial charge on any atom is -0.353 e. The number of halogens is 1. The number of benzene rings is 1. The van der Waals surface area contributed by atoms with E-state index >= 15 is 0 Å². The Morgan fingerprint density at radius 1 is 1.18 bits per heavy atom. The molecule has 11 heteroatoms. The van der Waals surface area contributed by atoms with Gasteiger partial charge in [-0.25, -0.2) is 9.37 Å². The number of hydrogen-bond donors (Lipinski definition) is 2. The summed E-state index contributed by atoms with van der Waals surface area (Å²) in [6.07, 6.45) is 5.13. The largest absolute Gasteiger partial charge is 0.353 e. The lowest BCUT2D eigenvalue weighted by molar-refractivity contribution is -0.125. The van der Waals surface area contributed by atoms with Crippen LogP contribution in [0.15, 0.2) is 35.4 Å². The smallest absolute Gasteiger partial charge is 0.273 e. The summed E-state index contributed by atoms with van der Waals surface area (Å²) in [5, 5.41) is 6.36. The Labute approximate surface area is 192 Å². The number of amides is 2. The molecular weight excluding hydrogens is 447 g/mol. The van der Waals surface area contributed by atoms with Crippen LogP contribution in [0.1, 0.15) is 25.7 Å². The summed E-state index contributed by atoms with van der Waals surface area (Å²) in [6.45, 7) is 1.10. The van der Waals surface area contributed by atoms with Gasteiger partial charge in [0.25, 0.3) is 5.56 Å². The van der Waals surface area contributed by atoms with Gasteiger partial charge in [-0.05, 0) is 49.9 Å². The summed E-state index contributed by atoms with van der Waals surface area (Å²) in [6, 6.07) is 5.72. The van der Waals surface area contributed by atoms with Crippen molar-refractivity contribution in [2.24, 2.45) is 5.92 Å². The topological polar surface area (TPSA) is 109 Å². The van der Waals surface area contributed by atoms with E-state index < -0.39 is 11.7 Å². The van der Waals surface area contributed by atoms with Crippen LogP contribution in [0.2, 0.25) is 0 Å². The molecule has 2 amide bonds. The van der Waals surface area contributed by atoms with Gasteiger partial charge in [-0.15, -0.1) is 0 Å². The van der Waals surface area contributed by atoms with Crippen LogP contribution in [0, 0.1) is 11.7 Å². The van der Waals surface area contributed by atoms with Crippen molar-refractivity contribution in [2.75, 3.05) is 23.3 Å². The van der Waals surface area contributed by atoms with E-state index in [1.54, 1.807) is 0 Å². The number of fused-ring (bicyclic) bond motifs is 1. The fourth-order valence-electron chi connectivity index (χ4n) is 3.88. The fourth-order valence-corrected chi connectivity index (χ4v) is 4.89. The van der Waals surface area contributed by atoms with Crippen molar-refractivity contribution < 1.29 is 14.0 Å². The Morgan fingerprint density at radius 3 is 2.73 bits per heavy atom. The van der Waals surface area contributed by atoms with E-state index in [1.807, 2.05) is 4.90 Å². The third kappa shape index (κ3) is 4.87. The van der Waals surface area contributed by atoms with Gasteiger partial charge in [0.05, 0.1) is 5.92 Å². The zero-order valence-corrected chi connectivity index (χ0v) is 18.6. The molecule has 2 aromatic heterocycles. The Hall–Kier alpha value is -3.34. The van der Waals surface area contributed by atoms with Gasteiger partial charge in [0, 0.05) is 24.8 Å². The van der Waals surface area contributed by atoms with Crippen LogP contribution in [-0.4, -0.2) is 45.5 Å². The molecule has 1 saturated heterocycles. The number of nitrogens with zero attached hydrogens (tertiary/aromatic N) is 4. The number of carbonyl (C=O) groups is 2. The second-order valence-electron chi connectivity index (χ2n) is 8.45. The van der Waals surface area contributed by atoms with Crippen molar-refractivity contribution in [3.8, 4) is 0 Å². The number of aromatic nitrogens is 3. The molecule has 9 nitrogen and oxygen atoms in total. The van der Waals surface area contributed by atoms with E-state index in [0.717, 1.165) is 32.2 Å². The highest BCUT2D eigenvalue weighted by molar-refractivity contribution is 7.22. The molecule has 33 heavy (non-hydrogen) atoms. The summed E-state index contributed by atoms with van der Waals surface area (Å²) in [5.74, 6) is -0.819. The van der Waals surface area contributed by atoms with Gasteiger partial charge < -0.3 is 15.5 Å². The van der Waals surface area contributed by atoms with Crippen molar-refractivity contribution in [1.29, 1.82) is 0 Å². The van der Waals surface area contributed by atoms with E-state index in [-0.39, 0.29) is 23.9 Å². The molecule has 0 spiro atoms. The van der Waals surface area contributed by atoms with Gasteiger partial charge >= 0.3 is 0 Å². The number of nitrogens with one attached hydrogen (secondary N) is 2. The predicted octanol–water partition coefficient (Wildman–Crippen LogP) is 2.13. The molecule has 1 saturated carbocycles. The first-order valence-corrected chi connectivity index (χ1v) is 11.7. The summed E-state index contributed by atoms with van der Waals surface area (Å²) >= 11 is 1.23. The van der Waals surface area contributed by atoms with Crippen molar-refractivity contribution in [2.45, 2.75) is 38.3 Å². The van der Waals surface area contributed by atoms with Crippen LogP contribution in [0.5, 0.6) is 0 Å². The minimum absolute atomic E-state index is 0.0915. The zero-order chi connectivity index (χ0) is 22.9. The number of piperidine rings is 1. The Balaban J connectivity index is 1.29. The molecular formula is C22H23FN6O3S. The van der Waals surface area contributed by atoms with Gasteiger partial charge in [-0.2, -0.15) is 4.98 Å². The minimum atomic E-state index is -0.421. The lowest BCUT2D eigenvalue weighted by Gasteiger charge is -2.31. The molecule has 5 rings (SSSR count). The highest BCUT2D eigenvalue weighted by Gasteiger charge is 2.31. The third-order valence-corrected chi connectivity index (χ3v) is 6.89. The highest BCUT2D eigenvalue weighted by Crippen LogP contribution is 2.30. The van der Waals surface area contributed by atoms with Gasteiger partial charge in [0.15, 0.2) is 10.8 Å². The highest BCUT2D eigenvalue weighted by atomic mass is 32.1. The average Bonchev–Trinajstić information content (AvgIpc) is 3.51. The zero-order valence-electron chi connectivity index (χ0n) is 17.8. The second-order valence-corrected chi connectivity index (χ2v) is 9.43. The van der Waals surface area contributed by atoms with Gasteiger partial charge in [0.2, 0.25) is 11.8 Å². The molecule has 2 aliphatic rings. The number of carbonyl (C=O) groups excluding carboxylic acids is 2. The molecule has 1 unspecified atom stereocenters. The van der Waals surface area contributed by atoms with Gasteiger partial charge in [0.1, 0.15) is 23.4 Å². The van der Waals surface area contributed by atoms with Crippen LogP contribution >= 0.6 is 11.3 Å². The molecule has 0 radical (unpaired) electrons. The summed E-state index contributed by atoms with van der Waals surface area (Å²) in [5.41, 5.74) is 0.423. The first-order valence-electron chi connectivity index (χ1n) is 10.9. The summed E-state index contributed by atoms with van der Waals surface area (Å²) in [4.78, 5) is 48.6.